The molecule has 2 heterocycles. The Balaban J connectivity index is 1.49. The van der Waals surface area contributed by atoms with Gasteiger partial charge in [-0.3, -0.25) is 9.69 Å². The lowest BCUT2D eigenvalue weighted by molar-refractivity contribution is -0.131. The van der Waals surface area contributed by atoms with Gasteiger partial charge in [-0.05, 0) is 47.5 Å². The lowest BCUT2D eigenvalue weighted by Gasteiger charge is -2.30. The van der Waals surface area contributed by atoms with Crippen molar-refractivity contribution in [1.29, 1.82) is 0 Å². The molecule has 0 aliphatic carbocycles. The summed E-state index contributed by atoms with van der Waals surface area (Å²) in [4.78, 5) is 28.3. The number of para-hydroxylation sites is 2. The van der Waals surface area contributed by atoms with Crippen molar-refractivity contribution in [3.05, 3.63) is 83.9 Å². The van der Waals surface area contributed by atoms with Crippen molar-refractivity contribution < 1.29 is 28.5 Å². The molecule has 5 rings (SSSR count). The third kappa shape index (κ3) is 3.57. The summed E-state index contributed by atoms with van der Waals surface area (Å²) in [5.74, 6) is 2.13. The van der Waals surface area contributed by atoms with Crippen LogP contribution in [0.1, 0.15) is 11.1 Å². The van der Waals surface area contributed by atoms with Gasteiger partial charge in [-0.25, -0.2) is 4.79 Å². The number of methoxy groups -OCH3 is 2. The smallest absolute Gasteiger partial charge is 0.325 e. The quantitative estimate of drug-likeness (QED) is 0.568. The summed E-state index contributed by atoms with van der Waals surface area (Å²) in [6.07, 6.45) is -0.493. The molecule has 1 atom stereocenters. The normalized spacial score (nSPS) is 18.4. The van der Waals surface area contributed by atoms with E-state index in [0.29, 0.717) is 34.1 Å². The Morgan fingerprint density at radius 1 is 0.882 bits per heavy atom. The van der Waals surface area contributed by atoms with Crippen LogP contribution in [-0.4, -0.2) is 50.3 Å². The Hall–Kier alpha value is -4.20. The molecule has 1 N–H and O–H groups in total. The van der Waals surface area contributed by atoms with E-state index in [2.05, 4.69) is 5.32 Å². The van der Waals surface area contributed by atoms with Gasteiger partial charge in [-0.15, -0.1) is 0 Å². The summed E-state index contributed by atoms with van der Waals surface area (Å²) in [6.45, 7) is 0.277. The molecule has 0 saturated carbocycles. The van der Waals surface area contributed by atoms with Gasteiger partial charge in [0.2, 0.25) is 0 Å². The molecule has 3 aromatic carbocycles. The molecule has 0 bridgehead atoms. The summed E-state index contributed by atoms with van der Waals surface area (Å²) in [5, 5.41) is 2.94. The van der Waals surface area contributed by atoms with Crippen LogP contribution in [0.2, 0.25) is 0 Å². The number of fused-ring (bicyclic) bond motifs is 1. The van der Waals surface area contributed by atoms with Crippen LogP contribution in [0.25, 0.3) is 0 Å². The zero-order chi connectivity index (χ0) is 23.7. The molecule has 1 saturated heterocycles. The molecule has 0 spiro atoms. The highest BCUT2D eigenvalue weighted by Gasteiger charge is 2.54. The topological polar surface area (TPSA) is 86.3 Å². The van der Waals surface area contributed by atoms with E-state index in [4.69, 9.17) is 18.9 Å². The highest BCUT2D eigenvalue weighted by Crippen LogP contribution is 2.38. The molecule has 2 aliphatic rings. The van der Waals surface area contributed by atoms with Gasteiger partial charge in [0.25, 0.3) is 5.91 Å². The lowest BCUT2D eigenvalue weighted by atomic mass is 9.82. The van der Waals surface area contributed by atoms with Gasteiger partial charge in [-0.1, -0.05) is 36.4 Å². The predicted octanol–water partition coefficient (Wildman–Crippen LogP) is 3.34. The van der Waals surface area contributed by atoms with Crippen molar-refractivity contribution in [2.45, 2.75) is 11.6 Å². The lowest BCUT2D eigenvalue weighted by Crippen LogP contribution is -2.47. The number of hydrogen-bond donors (Lipinski definition) is 1. The highest BCUT2D eigenvalue weighted by atomic mass is 16.6. The first kappa shape index (κ1) is 21.6. The fraction of sp³-hybridized carbons (Fsp3) is 0.231. The standard InChI is InChI=1S/C26H24N2O6/c1-31-19-11-7-17(8-12-19)26(18-9-13-20(32-2)14-10-18)24(29)28(25(30)27-26)15-21-16-33-22-5-3-4-6-23(22)34-21/h3-14,21H,15-16H2,1-2H3,(H,27,30). The minimum atomic E-state index is -1.40. The fourth-order valence-electron chi connectivity index (χ4n) is 4.34. The second-order valence-corrected chi connectivity index (χ2v) is 8.05. The Kier molecular flexibility index (Phi) is 5.49. The van der Waals surface area contributed by atoms with E-state index in [1.807, 2.05) is 18.2 Å². The highest BCUT2D eigenvalue weighted by molar-refractivity contribution is 6.09. The van der Waals surface area contributed by atoms with Crippen LogP contribution in [0.15, 0.2) is 72.8 Å². The number of urea groups is 1. The summed E-state index contributed by atoms with van der Waals surface area (Å²) >= 11 is 0. The summed E-state index contributed by atoms with van der Waals surface area (Å²) in [6, 6.07) is 21.0. The molecule has 1 unspecified atom stereocenters. The van der Waals surface area contributed by atoms with Gasteiger partial charge in [0, 0.05) is 0 Å². The van der Waals surface area contributed by atoms with Crippen LogP contribution in [0.3, 0.4) is 0 Å². The first-order valence-corrected chi connectivity index (χ1v) is 10.9. The number of imide groups is 1. The van der Waals surface area contributed by atoms with E-state index in [1.165, 1.54) is 4.90 Å². The molecule has 174 valence electrons. The van der Waals surface area contributed by atoms with E-state index in [0.717, 1.165) is 0 Å². The number of carbonyl (C=O) groups excluding carboxylic acids is 2. The Bertz CT molecular complexity index is 1160. The number of nitrogens with zero attached hydrogens (tertiary/aromatic N) is 1. The molecule has 0 radical (unpaired) electrons. The fourth-order valence-corrected chi connectivity index (χ4v) is 4.34. The van der Waals surface area contributed by atoms with E-state index in [9.17, 15) is 9.59 Å². The summed E-state index contributed by atoms with van der Waals surface area (Å²) < 4.78 is 22.3. The van der Waals surface area contributed by atoms with E-state index in [1.54, 1.807) is 68.8 Å². The first-order chi connectivity index (χ1) is 16.5. The summed E-state index contributed by atoms with van der Waals surface area (Å²) in [5.41, 5.74) is -0.167. The third-order valence-electron chi connectivity index (χ3n) is 6.11. The second-order valence-electron chi connectivity index (χ2n) is 8.05. The predicted molar refractivity (Wildman–Crippen MR) is 123 cm³/mol. The summed E-state index contributed by atoms with van der Waals surface area (Å²) in [7, 11) is 3.14. The minimum absolute atomic E-state index is 0.0487. The zero-order valence-electron chi connectivity index (χ0n) is 18.8. The average Bonchev–Trinajstić information content (AvgIpc) is 3.14. The van der Waals surface area contributed by atoms with Crippen molar-refractivity contribution in [2.75, 3.05) is 27.4 Å². The Labute approximate surface area is 197 Å². The van der Waals surface area contributed by atoms with Crippen LogP contribution in [-0.2, 0) is 10.3 Å². The minimum Gasteiger partial charge on any atom is -0.497 e. The molecular weight excluding hydrogens is 436 g/mol. The van der Waals surface area contributed by atoms with Gasteiger partial charge in [0.1, 0.15) is 18.1 Å². The van der Waals surface area contributed by atoms with Crippen LogP contribution in [0.4, 0.5) is 4.79 Å². The second kappa shape index (κ2) is 8.62. The maximum atomic E-state index is 14.0. The van der Waals surface area contributed by atoms with Crippen LogP contribution in [0.5, 0.6) is 23.0 Å². The van der Waals surface area contributed by atoms with Gasteiger partial charge < -0.3 is 24.3 Å². The van der Waals surface area contributed by atoms with E-state index in [-0.39, 0.29) is 13.2 Å². The number of rotatable bonds is 6. The van der Waals surface area contributed by atoms with E-state index < -0.39 is 23.6 Å². The number of amides is 3. The number of hydrogen-bond acceptors (Lipinski definition) is 6. The zero-order valence-corrected chi connectivity index (χ0v) is 18.8. The monoisotopic (exact) mass is 460 g/mol. The van der Waals surface area contributed by atoms with Gasteiger partial charge in [0.05, 0.1) is 20.8 Å². The number of nitrogens with one attached hydrogen (secondary N) is 1. The maximum Gasteiger partial charge on any atom is 0.325 e. The molecule has 8 nitrogen and oxygen atoms in total. The number of ether oxygens (including phenoxy) is 4. The van der Waals surface area contributed by atoms with Crippen molar-refractivity contribution in [3.63, 3.8) is 0 Å². The van der Waals surface area contributed by atoms with Crippen molar-refractivity contribution in [2.24, 2.45) is 0 Å². The van der Waals surface area contributed by atoms with Crippen LogP contribution in [0, 0.1) is 0 Å². The van der Waals surface area contributed by atoms with Gasteiger partial charge in [0.15, 0.2) is 23.1 Å². The van der Waals surface area contributed by atoms with E-state index >= 15 is 0 Å². The number of benzene rings is 3. The Morgan fingerprint density at radius 3 is 2.00 bits per heavy atom. The van der Waals surface area contributed by atoms with Crippen molar-refractivity contribution in [3.8, 4) is 23.0 Å². The van der Waals surface area contributed by atoms with Crippen molar-refractivity contribution in [1.82, 2.24) is 10.2 Å². The SMILES string of the molecule is COc1ccc(C2(c3ccc(OC)cc3)NC(=O)N(CC3COc4ccccc4O3)C2=O)cc1. The average molecular weight is 460 g/mol. The molecule has 3 aromatic rings. The molecule has 1 fully saturated rings. The largest absolute Gasteiger partial charge is 0.497 e. The molecule has 34 heavy (non-hydrogen) atoms. The first-order valence-electron chi connectivity index (χ1n) is 10.9. The molecular formula is C26H24N2O6. The van der Waals surface area contributed by atoms with Crippen LogP contribution >= 0.6 is 0 Å². The molecule has 2 aliphatic heterocycles. The van der Waals surface area contributed by atoms with Crippen molar-refractivity contribution >= 4 is 11.9 Å². The van der Waals surface area contributed by atoms with Gasteiger partial charge >= 0.3 is 6.03 Å². The molecule has 3 amide bonds. The van der Waals surface area contributed by atoms with Gasteiger partial charge in [-0.2, -0.15) is 0 Å². The third-order valence-corrected chi connectivity index (χ3v) is 6.11. The maximum absolute atomic E-state index is 14.0. The molecule has 8 heteroatoms. The van der Waals surface area contributed by atoms with Crippen LogP contribution < -0.4 is 24.3 Å². The Morgan fingerprint density at radius 2 is 1.44 bits per heavy atom. The molecule has 0 aromatic heterocycles. The number of carbonyl (C=O) groups is 2.